The van der Waals surface area contributed by atoms with E-state index in [1.54, 1.807) is 0 Å². The maximum atomic E-state index is 11.5. The minimum atomic E-state index is -0.234. The van der Waals surface area contributed by atoms with E-state index in [2.05, 4.69) is 20.5 Å². The molecule has 0 spiro atoms. The fourth-order valence-corrected chi connectivity index (χ4v) is 0.853. The predicted molar refractivity (Wildman–Crippen MR) is 56.5 cm³/mol. The fourth-order valence-electron chi connectivity index (χ4n) is 0.853. The predicted octanol–water partition coefficient (Wildman–Crippen LogP) is -0.125. The highest BCUT2D eigenvalue weighted by molar-refractivity contribution is 5.90. The molecule has 0 aliphatic heterocycles. The van der Waals surface area contributed by atoms with Crippen molar-refractivity contribution < 1.29 is 4.79 Å². The Morgan fingerprint density at radius 2 is 2.27 bits per heavy atom. The number of amides is 1. The summed E-state index contributed by atoms with van der Waals surface area (Å²) in [7, 11) is 3.95. The Labute approximate surface area is 89.1 Å². The molecule has 0 fully saturated rings. The summed E-state index contributed by atoms with van der Waals surface area (Å²) in [6, 6.07) is 0. The Balaban J connectivity index is 2.48. The van der Waals surface area contributed by atoms with Crippen LogP contribution >= 0.6 is 0 Å². The Hall–Kier alpha value is -1.43. The largest absolute Gasteiger partial charge is 0.347 e. The number of hydrogen-bond donors (Lipinski definition) is 2. The van der Waals surface area contributed by atoms with Crippen LogP contribution in [0.1, 0.15) is 24.5 Å². The third-order valence-electron chi connectivity index (χ3n) is 2.52. The third kappa shape index (κ3) is 3.02. The number of aromatic nitrogens is 3. The van der Waals surface area contributed by atoms with E-state index in [1.165, 1.54) is 6.33 Å². The molecule has 0 aromatic carbocycles. The summed E-state index contributed by atoms with van der Waals surface area (Å²) in [5, 5.41) is 8.92. The Morgan fingerprint density at radius 3 is 2.73 bits per heavy atom. The molecule has 0 atom stereocenters. The second kappa shape index (κ2) is 4.39. The standard InChI is InChI=1S/C9H17N5O/c1-9(2,14(3)4)5-10-8(15)7-11-6-12-13-7/h6H,5H2,1-4H3,(H,10,15)(H,11,12,13). The lowest BCUT2D eigenvalue weighted by molar-refractivity contribution is 0.0910. The zero-order valence-electron chi connectivity index (χ0n) is 9.53. The summed E-state index contributed by atoms with van der Waals surface area (Å²) in [5.41, 5.74) is -0.0876. The van der Waals surface area contributed by atoms with Gasteiger partial charge in [0.15, 0.2) is 0 Å². The van der Waals surface area contributed by atoms with E-state index in [0.29, 0.717) is 6.54 Å². The first-order valence-electron chi connectivity index (χ1n) is 4.74. The van der Waals surface area contributed by atoms with Gasteiger partial charge in [-0.1, -0.05) is 0 Å². The summed E-state index contributed by atoms with van der Waals surface area (Å²) in [6.45, 7) is 4.65. The second-order valence-electron chi connectivity index (χ2n) is 4.22. The number of aromatic amines is 1. The van der Waals surface area contributed by atoms with Gasteiger partial charge in [0, 0.05) is 12.1 Å². The average Bonchev–Trinajstić information content (AvgIpc) is 2.66. The van der Waals surface area contributed by atoms with Gasteiger partial charge in [0.25, 0.3) is 5.91 Å². The van der Waals surface area contributed by atoms with Gasteiger partial charge < -0.3 is 10.2 Å². The van der Waals surface area contributed by atoms with Crippen molar-refractivity contribution in [3.63, 3.8) is 0 Å². The van der Waals surface area contributed by atoms with E-state index in [1.807, 2.05) is 32.8 Å². The van der Waals surface area contributed by atoms with Crippen molar-refractivity contribution in [1.29, 1.82) is 0 Å². The van der Waals surface area contributed by atoms with Crippen LogP contribution in [0.4, 0.5) is 0 Å². The minimum Gasteiger partial charge on any atom is -0.347 e. The van der Waals surface area contributed by atoms with Crippen LogP contribution in [0.5, 0.6) is 0 Å². The summed E-state index contributed by atoms with van der Waals surface area (Å²) in [6.07, 6.45) is 1.31. The normalized spacial score (nSPS) is 11.8. The zero-order chi connectivity index (χ0) is 11.5. The van der Waals surface area contributed by atoms with Crippen molar-refractivity contribution in [2.75, 3.05) is 20.6 Å². The number of carbonyl (C=O) groups is 1. The van der Waals surface area contributed by atoms with E-state index < -0.39 is 0 Å². The van der Waals surface area contributed by atoms with Crippen LogP contribution in [0.3, 0.4) is 0 Å². The number of nitrogens with one attached hydrogen (secondary N) is 2. The molecular weight excluding hydrogens is 194 g/mol. The van der Waals surface area contributed by atoms with Gasteiger partial charge >= 0.3 is 0 Å². The number of rotatable bonds is 4. The number of carbonyl (C=O) groups excluding carboxylic acids is 1. The highest BCUT2D eigenvalue weighted by Crippen LogP contribution is 2.07. The molecule has 0 unspecified atom stereocenters. The van der Waals surface area contributed by atoms with Gasteiger partial charge in [-0.25, -0.2) is 4.98 Å². The highest BCUT2D eigenvalue weighted by atomic mass is 16.2. The zero-order valence-corrected chi connectivity index (χ0v) is 9.53. The van der Waals surface area contributed by atoms with Crippen LogP contribution in [0.15, 0.2) is 6.33 Å². The van der Waals surface area contributed by atoms with Crippen molar-refractivity contribution in [1.82, 2.24) is 25.4 Å². The van der Waals surface area contributed by atoms with E-state index in [-0.39, 0.29) is 17.3 Å². The molecule has 0 aliphatic rings. The smallest absolute Gasteiger partial charge is 0.288 e. The Morgan fingerprint density at radius 1 is 1.60 bits per heavy atom. The lowest BCUT2D eigenvalue weighted by Gasteiger charge is -2.32. The summed E-state index contributed by atoms with van der Waals surface area (Å²) in [4.78, 5) is 17.3. The molecule has 1 heterocycles. The van der Waals surface area contributed by atoms with Crippen molar-refractivity contribution in [2.45, 2.75) is 19.4 Å². The first-order chi connectivity index (χ1) is 6.93. The van der Waals surface area contributed by atoms with Crippen LogP contribution in [0, 0.1) is 0 Å². The first kappa shape index (κ1) is 11.6. The van der Waals surface area contributed by atoms with Gasteiger partial charge in [-0.3, -0.25) is 9.89 Å². The van der Waals surface area contributed by atoms with Gasteiger partial charge in [0.1, 0.15) is 6.33 Å². The molecule has 0 bridgehead atoms. The van der Waals surface area contributed by atoms with Crippen molar-refractivity contribution in [3.8, 4) is 0 Å². The Bertz CT molecular complexity index is 317. The first-order valence-corrected chi connectivity index (χ1v) is 4.74. The molecule has 0 saturated heterocycles. The topological polar surface area (TPSA) is 73.9 Å². The van der Waals surface area contributed by atoms with Crippen LogP contribution in [0.25, 0.3) is 0 Å². The molecule has 1 aromatic rings. The fraction of sp³-hybridized carbons (Fsp3) is 0.667. The number of H-pyrrole nitrogens is 1. The number of likely N-dealkylation sites (N-methyl/N-ethyl adjacent to an activating group) is 1. The third-order valence-corrected chi connectivity index (χ3v) is 2.52. The van der Waals surface area contributed by atoms with Gasteiger partial charge in [0.2, 0.25) is 5.82 Å². The molecule has 0 saturated carbocycles. The molecule has 0 aliphatic carbocycles. The minimum absolute atomic E-state index is 0.0876. The molecule has 6 nitrogen and oxygen atoms in total. The molecule has 15 heavy (non-hydrogen) atoms. The summed E-state index contributed by atoms with van der Waals surface area (Å²) in [5.74, 6) is 0.00646. The van der Waals surface area contributed by atoms with Crippen LogP contribution in [-0.4, -0.2) is 52.2 Å². The maximum Gasteiger partial charge on any atom is 0.288 e. The molecule has 0 radical (unpaired) electrons. The molecule has 6 heteroatoms. The van der Waals surface area contributed by atoms with Crippen LogP contribution in [-0.2, 0) is 0 Å². The number of nitrogens with zero attached hydrogens (tertiary/aromatic N) is 3. The van der Waals surface area contributed by atoms with Crippen LogP contribution < -0.4 is 5.32 Å². The van der Waals surface area contributed by atoms with E-state index >= 15 is 0 Å². The molecule has 84 valence electrons. The quantitative estimate of drug-likeness (QED) is 0.728. The summed E-state index contributed by atoms with van der Waals surface area (Å²) < 4.78 is 0. The van der Waals surface area contributed by atoms with Crippen molar-refractivity contribution in [3.05, 3.63) is 12.2 Å². The molecule has 1 rings (SSSR count). The molecular formula is C9H17N5O. The van der Waals surface area contributed by atoms with Crippen molar-refractivity contribution >= 4 is 5.91 Å². The van der Waals surface area contributed by atoms with E-state index in [9.17, 15) is 4.79 Å². The lowest BCUT2D eigenvalue weighted by atomic mass is 10.0. The van der Waals surface area contributed by atoms with Crippen molar-refractivity contribution in [2.24, 2.45) is 0 Å². The van der Waals surface area contributed by atoms with Gasteiger partial charge in [0.05, 0.1) is 0 Å². The average molecular weight is 211 g/mol. The Kier molecular flexibility index (Phi) is 3.41. The summed E-state index contributed by atoms with van der Waals surface area (Å²) >= 11 is 0. The van der Waals surface area contributed by atoms with Gasteiger partial charge in [-0.2, -0.15) is 5.10 Å². The lowest BCUT2D eigenvalue weighted by Crippen LogP contribution is -2.48. The monoisotopic (exact) mass is 211 g/mol. The number of hydrogen-bond acceptors (Lipinski definition) is 4. The van der Waals surface area contributed by atoms with E-state index in [4.69, 9.17) is 0 Å². The highest BCUT2D eigenvalue weighted by Gasteiger charge is 2.21. The SMILES string of the molecule is CN(C)C(C)(C)CNC(=O)c1ncn[nH]1. The van der Waals surface area contributed by atoms with Gasteiger partial charge in [-0.15, -0.1) is 0 Å². The second-order valence-corrected chi connectivity index (χ2v) is 4.22. The van der Waals surface area contributed by atoms with Gasteiger partial charge in [-0.05, 0) is 27.9 Å². The molecule has 1 amide bonds. The molecule has 2 N–H and O–H groups in total. The van der Waals surface area contributed by atoms with E-state index in [0.717, 1.165) is 0 Å². The maximum absolute atomic E-state index is 11.5. The molecule has 1 aromatic heterocycles. The van der Waals surface area contributed by atoms with Crippen LogP contribution in [0.2, 0.25) is 0 Å².